The van der Waals surface area contributed by atoms with Gasteiger partial charge in [-0.2, -0.15) is 11.8 Å². The number of likely N-dealkylation sites (N-methyl/N-ethyl adjacent to an activating group) is 1. The Morgan fingerprint density at radius 3 is 2.31 bits per heavy atom. The molecule has 0 heterocycles. The van der Waals surface area contributed by atoms with Crippen molar-refractivity contribution < 1.29 is 0 Å². The summed E-state index contributed by atoms with van der Waals surface area (Å²) in [6.45, 7) is 2.20. The van der Waals surface area contributed by atoms with Gasteiger partial charge in [0.1, 0.15) is 0 Å². The molecule has 0 aliphatic heterocycles. The van der Waals surface area contributed by atoms with Gasteiger partial charge in [-0.15, -0.1) is 0 Å². The third-order valence-electron chi connectivity index (χ3n) is 2.99. The minimum Gasteiger partial charge on any atom is -0.317 e. The van der Waals surface area contributed by atoms with Gasteiger partial charge >= 0.3 is 0 Å². The molecule has 0 fully saturated rings. The first-order chi connectivity index (χ1) is 7.80. The molecule has 0 aliphatic carbocycles. The molecule has 1 rings (SSSR count). The van der Waals surface area contributed by atoms with Crippen molar-refractivity contribution in [2.75, 3.05) is 19.1 Å². The molecule has 0 bridgehead atoms. The van der Waals surface area contributed by atoms with Crippen LogP contribution in [-0.2, 0) is 12.8 Å². The Balaban J connectivity index is 2.49. The number of nitrogens with one attached hydrogen (secondary N) is 1. The van der Waals surface area contributed by atoms with E-state index in [1.54, 1.807) is 0 Å². The third kappa shape index (κ3) is 4.58. The molecule has 1 atom stereocenters. The summed E-state index contributed by atoms with van der Waals surface area (Å²) in [4.78, 5) is 0. The highest BCUT2D eigenvalue weighted by Gasteiger charge is 2.06. The van der Waals surface area contributed by atoms with E-state index in [4.69, 9.17) is 0 Å². The maximum Gasteiger partial charge on any atom is 0.0112 e. The van der Waals surface area contributed by atoms with Crippen molar-refractivity contribution in [1.82, 2.24) is 5.32 Å². The van der Waals surface area contributed by atoms with E-state index in [9.17, 15) is 0 Å². The third-order valence-corrected chi connectivity index (χ3v) is 3.64. The van der Waals surface area contributed by atoms with E-state index in [0.29, 0.717) is 6.04 Å². The Hall–Kier alpha value is -0.470. The van der Waals surface area contributed by atoms with Gasteiger partial charge in [0.15, 0.2) is 0 Å². The fourth-order valence-electron chi connectivity index (χ4n) is 1.80. The first kappa shape index (κ1) is 13.6. The van der Waals surface area contributed by atoms with E-state index in [1.807, 2.05) is 11.8 Å². The fraction of sp³-hybridized carbons (Fsp3) is 0.571. The molecule has 1 unspecified atom stereocenters. The number of hydrogen-bond acceptors (Lipinski definition) is 2. The summed E-state index contributed by atoms with van der Waals surface area (Å²) in [5.41, 5.74) is 2.87. The van der Waals surface area contributed by atoms with Gasteiger partial charge in [0, 0.05) is 6.04 Å². The Bertz CT molecular complexity index is 281. The number of rotatable bonds is 7. The number of hydrogen-bond donors (Lipinski definition) is 1. The molecule has 0 spiro atoms. The van der Waals surface area contributed by atoms with Gasteiger partial charge < -0.3 is 5.32 Å². The zero-order chi connectivity index (χ0) is 11.8. The standard InChI is InChI=1S/C14H23NS/c1-4-12-5-7-13(8-6-12)11-14(15-2)9-10-16-3/h5-8,14-15H,4,9-11H2,1-3H3. The molecule has 0 radical (unpaired) electrons. The Morgan fingerprint density at radius 1 is 1.19 bits per heavy atom. The number of aryl methyl sites for hydroxylation is 1. The maximum absolute atomic E-state index is 3.40. The summed E-state index contributed by atoms with van der Waals surface area (Å²) in [5, 5.41) is 3.40. The first-order valence-corrected chi connectivity index (χ1v) is 7.43. The van der Waals surface area contributed by atoms with Crippen molar-refractivity contribution in [2.24, 2.45) is 0 Å². The van der Waals surface area contributed by atoms with E-state index in [2.05, 4.69) is 49.8 Å². The lowest BCUT2D eigenvalue weighted by Gasteiger charge is -2.15. The minimum atomic E-state index is 0.611. The van der Waals surface area contributed by atoms with Crippen LogP contribution in [0.15, 0.2) is 24.3 Å². The summed E-state index contributed by atoms with van der Waals surface area (Å²) in [6.07, 6.45) is 5.68. The second-order valence-electron chi connectivity index (χ2n) is 4.14. The van der Waals surface area contributed by atoms with Gasteiger partial charge in [0.25, 0.3) is 0 Å². The fourth-order valence-corrected chi connectivity index (χ4v) is 2.32. The summed E-state index contributed by atoms with van der Waals surface area (Å²) in [5.74, 6) is 1.23. The molecule has 1 aromatic carbocycles. The molecule has 0 aliphatic rings. The predicted octanol–water partition coefficient (Wildman–Crippen LogP) is 3.13. The van der Waals surface area contributed by atoms with Crippen LogP contribution in [0.25, 0.3) is 0 Å². The van der Waals surface area contributed by atoms with Gasteiger partial charge in [-0.25, -0.2) is 0 Å². The lowest BCUT2D eigenvalue weighted by molar-refractivity contribution is 0.547. The molecule has 0 amide bonds. The summed E-state index contributed by atoms with van der Waals surface area (Å²) >= 11 is 1.92. The molecule has 0 saturated carbocycles. The van der Waals surface area contributed by atoms with Crippen LogP contribution in [-0.4, -0.2) is 25.1 Å². The number of benzene rings is 1. The van der Waals surface area contributed by atoms with Gasteiger partial charge in [-0.3, -0.25) is 0 Å². The van der Waals surface area contributed by atoms with Crippen LogP contribution in [0.3, 0.4) is 0 Å². The van der Waals surface area contributed by atoms with Crippen LogP contribution in [0, 0.1) is 0 Å². The maximum atomic E-state index is 3.40. The second kappa shape index (κ2) is 7.75. The van der Waals surface area contributed by atoms with Gasteiger partial charge in [0.05, 0.1) is 0 Å². The van der Waals surface area contributed by atoms with Gasteiger partial charge in [-0.1, -0.05) is 31.2 Å². The van der Waals surface area contributed by atoms with Crippen LogP contribution in [0.1, 0.15) is 24.5 Å². The van der Waals surface area contributed by atoms with Crippen LogP contribution >= 0.6 is 11.8 Å². The van der Waals surface area contributed by atoms with Crippen LogP contribution < -0.4 is 5.32 Å². The van der Waals surface area contributed by atoms with Crippen molar-refractivity contribution in [3.05, 3.63) is 35.4 Å². The highest BCUT2D eigenvalue weighted by Crippen LogP contribution is 2.10. The Morgan fingerprint density at radius 2 is 1.81 bits per heavy atom. The highest BCUT2D eigenvalue weighted by atomic mass is 32.2. The Kier molecular flexibility index (Phi) is 6.58. The minimum absolute atomic E-state index is 0.611. The van der Waals surface area contributed by atoms with Crippen molar-refractivity contribution in [2.45, 2.75) is 32.2 Å². The summed E-state index contributed by atoms with van der Waals surface area (Å²) in [6, 6.07) is 9.64. The molecule has 2 heteroatoms. The summed E-state index contributed by atoms with van der Waals surface area (Å²) in [7, 11) is 2.06. The molecular formula is C14H23NS. The average Bonchev–Trinajstić information content (AvgIpc) is 2.35. The van der Waals surface area contributed by atoms with Crippen molar-refractivity contribution in [1.29, 1.82) is 0 Å². The van der Waals surface area contributed by atoms with Crippen molar-refractivity contribution >= 4 is 11.8 Å². The topological polar surface area (TPSA) is 12.0 Å². The largest absolute Gasteiger partial charge is 0.317 e. The smallest absolute Gasteiger partial charge is 0.0112 e. The molecule has 0 saturated heterocycles. The molecule has 90 valence electrons. The van der Waals surface area contributed by atoms with E-state index in [1.165, 1.54) is 23.3 Å². The SMILES string of the molecule is CCc1ccc(CC(CCSC)NC)cc1. The average molecular weight is 237 g/mol. The zero-order valence-electron chi connectivity index (χ0n) is 10.6. The quantitative estimate of drug-likeness (QED) is 0.782. The molecule has 16 heavy (non-hydrogen) atoms. The normalized spacial score (nSPS) is 12.7. The Labute approximate surface area is 104 Å². The van der Waals surface area contributed by atoms with Gasteiger partial charge in [0.2, 0.25) is 0 Å². The molecule has 0 aromatic heterocycles. The lowest BCUT2D eigenvalue weighted by Crippen LogP contribution is -2.28. The lowest BCUT2D eigenvalue weighted by atomic mass is 10.0. The zero-order valence-corrected chi connectivity index (χ0v) is 11.4. The first-order valence-electron chi connectivity index (χ1n) is 6.04. The molecule has 1 N–H and O–H groups in total. The van der Waals surface area contributed by atoms with Crippen LogP contribution in [0.4, 0.5) is 0 Å². The van der Waals surface area contributed by atoms with Crippen LogP contribution in [0.5, 0.6) is 0 Å². The summed E-state index contributed by atoms with van der Waals surface area (Å²) < 4.78 is 0. The van der Waals surface area contributed by atoms with E-state index >= 15 is 0 Å². The monoisotopic (exact) mass is 237 g/mol. The highest BCUT2D eigenvalue weighted by molar-refractivity contribution is 7.98. The van der Waals surface area contributed by atoms with Crippen molar-refractivity contribution in [3.63, 3.8) is 0 Å². The number of thioether (sulfide) groups is 1. The van der Waals surface area contributed by atoms with E-state index in [0.717, 1.165) is 12.8 Å². The van der Waals surface area contributed by atoms with E-state index in [-0.39, 0.29) is 0 Å². The molecule has 1 aromatic rings. The molecule has 1 nitrogen and oxygen atoms in total. The van der Waals surface area contributed by atoms with Crippen molar-refractivity contribution in [3.8, 4) is 0 Å². The van der Waals surface area contributed by atoms with E-state index < -0.39 is 0 Å². The second-order valence-corrected chi connectivity index (χ2v) is 5.13. The van der Waals surface area contributed by atoms with Gasteiger partial charge in [-0.05, 0) is 49.4 Å². The van der Waals surface area contributed by atoms with Crippen LogP contribution in [0.2, 0.25) is 0 Å². The predicted molar refractivity (Wildman–Crippen MR) is 75.4 cm³/mol. The molecular weight excluding hydrogens is 214 g/mol.